The number of aromatic amines is 1. The summed E-state index contributed by atoms with van der Waals surface area (Å²) in [7, 11) is 0. The van der Waals surface area contributed by atoms with Gasteiger partial charge in [-0.05, 0) is 5.53 Å². The summed E-state index contributed by atoms with van der Waals surface area (Å²) in [5, 5.41) is 9.43. The lowest BCUT2D eigenvalue weighted by molar-refractivity contribution is 1.10. The minimum Gasteiger partial charge on any atom is -0.383 e. The third-order valence-corrected chi connectivity index (χ3v) is 1.10. The molecule has 0 saturated carbocycles. The highest BCUT2D eigenvalue weighted by molar-refractivity contribution is 5.49. The second-order valence-electron chi connectivity index (χ2n) is 1.89. The van der Waals surface area contributed by atoms with Gasteiger partial charge in [0.1, 0.15) is 5.82 Å². The molecular weight excluding hydrogens is 156 g/mol. The Morgan fingerprint density at radius 3 is 3.25 bits per heavy atom. The highest BCUT2D eigenvalue weighted by Crippen LogP contribution is 2.01. The van der Waals surface area contributed by atoms with Gasteiger partial charge in [-0.15, -0.1) is 0 Å². The lowest BCUT2D eigenvalue weighted by Gasteiger charge is -1.81. The number of nitrogens with one attached hydrogen (secondary N) is 1. The zero-order valence-corrected chi connectivity index (χ0v) is 6.15. The molecule has 0 radical (unpaired) electrons. The molecule has 6 nitrogen and oxygen atoms in total. The zero-order valence-electron chi connectivity index (χ0n) is 6.15. The van der Waals surface area contributed by atoms with Gasteiger partial charge < -0.3 is 5.73 Å². The monoisotopic (exact) mass is 162 g/mol. The summed E-state index contributed by atoms with van der Waals surface area (Å²) < 4.78 is 0. The van der Waals surface area contributed by atoms with E-state index in [2.05, 4.69) is 32.1 Å². The number of H-pyrrole nitrogens is 1. The summed E-state index contributed by atoms with van der Waals surface area (Å²) in [5.74, 6) is 5.73. The van der Waals surface area contributed by atoms with Crippen LogP contribution >= 0.6 is 0 Å². The SMILES string of the molecule is [N-]=[N+]=NCC#Cc1cn[nH]c1N. The van der Waals surface area contributed by atoms with Crippen LogP contribution in [0.15, 0.2) is 11.3 Å². The quantitative estimate of drug-likeness (QED) is 0.274. The number of hydrogen-bond acceptors (Lipinski definition) is 3. The molecule has 1 aromatic rings. The molecule has 0 aliphatic heterocycles. The van der Waals surface area contributed by atoms with E-state index in [1.165, 1.54) is 6.20 Å². The van der Waals surface area contributed by atoms with Gasteiger partial charge in [0.25, 0.3) is 0 Å². The van der Waals surface area contributed by atoms with Crippen LogP contribution in [0.1, 0.15) is 5.56 Å². The summed E-state index contributed by atoms with van der Waals surface area (Å²) >= 11 is 0. The zero-order chi connectivity index (χ0) is 8.81. The van der Waals surface area contributed by atoms with E-state index in [0.717, 1.165) is 0 Å². The second-order valence-corrected chi connectivity index (χ2v) is 1.89. The van der Waals surface area contributed by atoms with Gasteiger partial charge in [-0.2, -0.15) is 5.10 Å². The van der Waals surface area contributed by atoms with E-state index < -0.39 is 0 Å². The fourth-order valence-corrected chi connectivity index (χ4v) is 0.597. The van der Waals surface area contributed by atoms with E-state index in [1.54, 1.807) is 0 Å². The molecule has 0 atom stereocenters. The minimum absolute atomic E-state index is 0.140. The molecule has 0 unspecified atom stereocenters. The van der Waals surface area contributed by atoms with Gasteiger partial charge in [0.15, 0.2) is 0 Å². The number of anilines is 1. The normalized spacial score (nSPS) is 8.00. The van der Waals surface area contributed by atoms with Crippen molar-refractivity contribution in [3.63, 3.8) is 0 Å². The fourth-order valence-electron chi connectivity index (χ4n) is 0.597. The highest BCUT2D eigenvalue weighted by Gasteiger charge is 1.93. The lowest BCUT2D eigenvalue weighted by atomic mass is 10.3. The van der Waals surface area contributed by atoms with Crippen LogP contribution in [0, 0.1) is 11.8 Å². The molecule has 0 saturated heterocycles. The van der Waals surface area contributed by atoms with Crippen LogP contribution in [0.2, 0.25) is 0 Å². The van der Waals surface area contributed by atoms with Crippen molar-refractivity contribution in [1.82, 2.24) is 10.2 Å². The largest absolute Gasteiger partial charge is 0.383 e. The van der Waals surface area contributed by atoms with E-state index in [4.69, 9.17) is 11.3 Å². The van der Waals surface area contributed by atoms with E-state index in [0.29, 0.717) is 11.4 Å². The third-order valence-electron chi connectivity index (χ3n) is 1.10. The van der Waals surface area contributed by atoms with Crippen LogP contribution in [0.3, 0.4) is 0 Å². The number of nitrogens with two attached hydrogens (primary N) is 1. The molecule has 0 amide bonds. The molecule has 1 rings (SSSR count). The second kappa shape index (κ2) is 3.91. The Morgan fingerprint density at radius 2 is 2.67 bits per heavy atom. The number of aromatic nitrogens is 2. The van der Waals surface area contributed by atoms with Gasteiger partial charge in [-0.25, -0.2) is 0 Å². The molecule has 6 heteroatoms. The Labute approximate surface area is 68.4 Å². The Balaban J connectivity index is 2.66. The van der Waals surface area contributed by atoms with Crippen molar-refractivity contribution in [2.24, 2.45) is 5.11 Å². The van der Waals surface area contributed by atoms with Crippen molar-refractivity contribution in [3.8, 4) is 11.8 Å². The number of azide groups is 1. The molecule has 0 bridgehead atoms. The maximum absolute atomic E-state index is 7.93. The van der Waals surface area contributed by atoms with Crippen LogP contribution in [-0.4, -0.2) is 16.7 Å². The first kappa shape index (κ1) is 7.98. The molecule has 0 aliphatic carbocycles. The van der Waals surface area contributed by atoms with Gasteiger partial charge in [-0.1, -0.05) is 17.0 Å². The van der Waals surface area contributed by atoms with Crippen molar-refractivity contribution < 1.29 is 0 Å². The molecule has 3 N–H and O–H groups in total. The average molecular weight is 162 g/mol. The maximum atomic E-state index is 7.93. The Bertz CT molecular complexity index is 361. The van der Waals surface area contributed by atoms with Crippen LogP contribution in [0.5, 0.6) is 0 Å². The summed E-state index contributed by atoms with van der Waals surface area (Å²) in [4.78, 5) is 2.54. The van der Waals surface area contributed by atoms with Crippen LogP contribution in [-0.2, 0) is 0 Å². The van der Waals surface area contributed by atoms with Crippen molar-refractivity contribution in [3.05, 3.63) is 22.2 Å². The lowest BCUT2D eigenvalue weighted by Crippen LogP contribution is -1.86. The van der Waals surface area contributed by atoms with E-state index in [9.17, 15) is 0 Å². The summed E-state index contributed by atoms with van der Waals surface area (Å²) in [6.07, 6.45) is 1.51. The number of nitrogens with zero attached hydrogens (tertiary/aromatic N) is 4. The highest BCUT2D eigenvalue weighted by atomic mass is 15.1. The van der Waals surface area contributed by atoms with Gasteiger partial charge in [0.2, 0.25) is 0 Å². The van der Waals surface area contributed by atoms with Gasteiger partial charge in [0, 0.05) is 4.91 Å². The molecule has 0 spiro atoms. The summed E-state index contributed by atoms with van der Waals surface area (Å²) in [6.45, 7) is 0.140. The standard InChI is InChI=1S/C6H6N6/c7-6-5(4-10-11-6)2-1-3-9-12-8/h4H,3H2,(H3,7,10,11). The topological polar surface area (TPSA) is 103 Å². The Hall–Kier alpha value is -2.12. The first-order valence-corrected chi connectivity index (χ1v) is 3.13. The van der Waals surface area contributed by atoms with Gasteiger partial charge in [-0.3, -0.25) is 5.10 Å². The molecule has 0 aliphatic rings. The molecule has 60 valence electrons. The van der Waals surface area contributed by atoms with Gasteiger partial charge >= 0.3 is 0 Å². The molecule has 12 heavy (non-hydrogen) atoms. The fraction of sp³-hybridized carbons (Fsp3) is 0.167. The van der Waals surface area contributed by atoms with Crippen LogP contribution in [0.4, 0.5) is 5.82 Å². The van der Waals surface area contributed by atoms with Gasteiger partial charge in [0.05, 0.1) is 18.3 Å². The van der Waals surface area contributed by atoms with E-state index in [-0.39, 0.29) is 6.54 Å². The smallest absolute Gasteiger partial charge is 0.134 e. The predicted octanol–water partition coefficient (Wildman–Crippen LogP) is 0.654. The first-order valence-electron chi connectivity index (χ1n) is 3.13. The molecule has 1 heterocycles. The van der Waals surface area contributed by atoms with Crippen molar-refractivity contribution in [1.29, 1.82) is 0 Å². The average Bonchev–Trinajstić information content (AvgIpc) is 2.46. The van der Waals surface area contributed by atoms with Crippen molar-refractivity contribution >= 4 is 5.82 Å². The molecular formula is C6H6N6. The number of rotatable bonds is 1. The summed E-state index contributed by atoms with van der Waals surface area (Å²) in [5.41, 5.74) is 14.0. The Morgan fingerprint density at radius 1 is 1.83 bits per heavy atom. The molecule has 0 fully saturated rings. The Kier molecular flexibility index (Phi) is 2.60. The van der Waals surface area contributed by atoms with E-state index in [1.807, 2.05) is 0 Å². The predicted molar refractivity (Wildman–Crippen MR) is 43.9 cm³/mol. The number of hydrogen-bond donors (Lipinski definition) is 2. The van der Waals surface area contributed by atoms with Crippen LogP contribution < -0.4 is 5.73 Å². The summed E-state index contributed by atoms with van der Waals surface area (Å²) in [6, 6.07) is 0. The molecule has 0 aromatic carbocycles. The van der Waals surface area contributed by atoms with Crippen LogP contribution in [0.25, 0.3) is 10.4 Å². The van der Waals surface area contributed by atoms with Crippen molar-refractivity contribution in [2.75, 3.05) is 12.3 Å². The van der Waals surface area contributed by atoms with E-state index >= 15 is 0 Å². The number of nitrogen functional groups attached to an aromatic ring is 1. The first-order chi connectivity index (χ1) is 5.84. The minimum atomic E-state index is 0.140. The third kappa shape index (κ3) is 1.94. The maximum Gasteiger partial charge on any atom is 0.134 e. The van der Waals surface area contributed by atoms with Crippen molar-refractivity contribution in [2.45, 2.75) is 0 Å². The molecule has 1 aromatic heterocycles.